The van der Waals surface area contributed by atoms with Crippen molar-refractivity contribution >= 4 is 41.0 Å². The van der Waals surface area contributed by atoms with E-state index >= 15 is 0 Å². The van der Waals surface area contributed by atoms with Gasteiger partial charge in [0.05, 0.1) is 17.3 Å². The van der Waals surface area contributed by atoms with Crippen LogP contribution in [0.4, 0.5) is 10.5 Å². The average molecular weight is 476 g/mol. The van der Waals surface area contributed by atoms with Crippen molar-refractivity contribution < 1.29 is 19.2 Å². The monoisotopic (exact) mass is 475 g/mol. The van der Waals surface area contributed by atoms with Crippen molar-refractivity contribution in [2.75, 3.05) is 44.6 Å². The number of nitrogens with one attached hydrogen (secondary N) is 2. The van der Waals surface area contributed by atoms with Crippen LogP contribution in [0.25, 0.3) is 0 Å². The number of para-hydroxylation sites is 1. The Kier molecular flexibility index (Phi) is 6.90. The van der Waals surface area contributed by atoms with E-state index < -0.39 is 11.6 Å². The Morgan fingerprint density at radius 2 is 1.85 bits per heavy atom. The highest BCUT2D eigenvalue weighted by atomic mass is 35.5. The van der Waals surface area contributed by atoms with Crippen LogP contribution < -0.4 is 10.6 Å². The van der Waals surface area contributed by atoms with E-state index in [1.54, 1.807) is 29.2 Å². The molecule has 1 saturated carbocycles. The van der Waals surface area contributed by atoms with Crippen molar-refractivity contribution in [1.29, 1.82) is 0 Å². The zero-order valence-electron chi connectivity index (χ0n) is 18.8. The molecule has 1 spiro atoms. The van der Waals surface area contributed by atoms with E-state index in [4.69, 9.17) is 11.6 Å². The fraction of sp³-hybridized carbons (Fsp3) is 0.565. The molecule has 2 heterocycles. The van der Waals surface area contributed by atoms with Crippen molar-refractivity contribution in [2.24, 2.45) is 5.92 Å². The number of imide groups is 1. The molecule has 4 rings (SSSR count). The number of hydrogen-bond acceptors (Lipinski definition) is 5. The summed E-state index contributed by atoms with van der Waals surface area (Å²) in [4.78, 5) is 55.5. The molecule has 33 heavy (non-hydrogen) atoms. The average Bonchev–Trinajstić information content (AvgIpc) is 3.02. The molecule has 2 saturated heterocycles. The number of nitrogens with zero attached hydrogens (tertiary/aromatic N) is 3. The Morgan fingerprint density at radius 1 is 1.12 bits per heavy atom. The van der Waals surface area contributed by atoms with Gasteiger partial charge in [-0.05, 0) is 30.9 Å². The molecular formula is C23H30ClN5O4. The number of carbonyl (C=O) groups excluding carboxylic acids is 4. The first-order chi connectivity index (χ1) is 15.8. The molecule has 178 valence electrons. The largest absolute Gasteiger partial charge is 0.339 e. The number of hydrogen-bond donors (Lipinski definition) is 2. The van der Waals surface area contributed by atoms with Gasteiger partial charge in [-0.15, -0.1) is 0 Å². The quantitative estimate of drug-likeness (QED) is 0.633. The lowest BCUT2D eigenvalue weighted by atomic mass is 9.73. The van der Waals surface area contributed by atoms with Crippen LogP contribution in [-0.4, -0.2) is 83.3 Å². The predicted molar refractivity (Wildman–Crippen MR) is 124 cm³/mol. The topological polar surface area (TPSA) is 102 Å². The highest BCUT2D eigenvalue weighted by Crippen LogP contribution is 2.38. The van der Waals surface area contributed by atoms with Gasteiger partial charge in [0.1, 0.15) is 12.1 Å². The summed E-state index contributed by atoms with van der Waals surface area (Å²) in [6.45, 7) is 3.87. The van der Waals surface area contributed by atoms with Crippen molar-refractivity contribution in [3.8, 4) is 0 Å². The highest BCUT2D eigenvalue weighted by Gasteiger charge is 2.55. The standard InChI is InChI=1S/C23H30ClN5O4/c1-16-6-4-5-9-23(16)21(32)29(22(33)26-23)15-20(31)28-12-10-27(11-13-28)14-19(30)25-18-8-3-2-7-17(18)24/h2-3,7-8,16H,4-6,9-15H2,1H3,(H,25,30)(H,26,33)/t16-,23-/m1/s1. The molecule has 2 aliphatic heterocycles. The Hall–Kier alpha value is -2.65. The zero-order valence-corrected chi connectivity index (χ0v) is 19.6. The first-order valence-corrected chi connectivity index (χ1v) is 11.9. The third kappa shape index (κ3) is 4.84. The molecule has 1 aliphatic carbocycles. The SMILES string of the molecule is C[C@@H]1CCCC[C@@]12NC(=O)N(CC(=O)N1CCN(CC(=O)Nc3ccccc3Cl)CC1)C2=O. The van der Waals surface area contributed by atoms with E-state index in [9.17, 15) is 19.2 Å². The van der Waals surface area contributed by atoms with E-state index in [2.05, 4.69) is 10.6 Å². The van der Waals surface area contributed by atoms with Gasteiger partial charge in [-0.25, -0.2) is 4.79 Å². The first-order valence-electron chi connectivity index (χ1n) is 11.5. The number of piperazine rings is 1. The second-order valence-corrected chi connectivity index (χ2v) is 9.53. The van der Waals surface area contributed by atoms with E-state index in [-0.39, 0.29) is 36.7 Å². The number of halogens is 1. The van der Waals surface area contributed by atoms with Crippen LogP contribution in [0.5, 0.6) is 0 Å². The van der Waals surface area contributed by atoms with Gasteiger partial charge in [0, 0.05) is 26.2 Å². The molecule has 1 aromatic rings. The number of amides is 5. The van der Waals surface area contributed by atoms with Crippen molar-refractivity contribution in [3.63, 3.8) is 0 Å². The van der Waals surface area contributed by atoms with Crippen LogP contribution in [0.15, 0.2) is 24.3 Å². The highest BCUT2D eigenvalue weighted by molar-refractivity contribution is 6.33. The fourth-order valence-electron chi connectivity index (χ4n) is 4.99. The molecule has 0 radical (unpaired) electrons. The third-order valence-corrected chi connectivity index (χ3v) is 7.36. The van der Waals surface area contributed by atoms with Crippen molar-refractivity contribution in [1.82, 2.24) is 20.0 Å². The van der Waals surface area contributed by atoms with Gasteiger partial charge in [0.2, 0.25) is 11.8 Å². The summed E-state index contributed by atoms with van der Waals surface area (Å²) in [5.41, 5.74) is -0.292. The molecule has 2 N–H and O–H groups in total. The summed E-state index contributed by atoms with van der Waals surface area (Å²) >= 11 is 6.08. The normalized spacial score (nSPS) is 25.9. The van der Waals surface area contributed by atoms with E-state index in [1.165, 1.54) is 0 Å². The Bertz CT molecular complexity index is 949. The number of carbonyl (C=O) groups is 4. The maximum atomic E-state index is 13.1. The van der Waals surface area contributed by atoms with Gasteiger partial charge in [0.15, 0.2) is 0 Å². The summed E-state index contributed by atoms with van der Waals surface area (Å²) in [6, 6.07) is 6.57. The Labute approximate surface area is 198 Å². The third-order valence-electron chi connectivity index (χ3n) is 7.03. The minimum Gasteiger partial charge on any atom is -0.339 e. The van der Waals surface area contributed by atoms with Crippen LogP contribution in [-0.2, 0) is 14.4 Å². The van der Waals surface area contributed by atoms with Crippen LogP contribution in [0, 0.1) is 5.92 Å². The maximum Gasteiger partial charge on any atom is 0.325 e. The summed E-state index contributed by atoms with van der Waals surface area (Å²) in [5, 5.41) is 6.16. The summed E-state index contributed by atoms with van der Waals surface area (Å²) in [7, 11) is 0. The van der Waals surface area contributed by atoms with Gasteiger partial charge >= 0.3 is 6.03 Å². The predicted octanol–water partition coefficient (Wildman–Crippen LogP) is 1.92. The molecule has 10 heteroatoms. The Balaban J connectivity index is 1.26. The van der Waals surface area contributed by atoms with Crippen molar-refractivity contribution in [2.45, 2.75) is 38.1 Å². The second kappa shape index (κ2) is 9.69. The number of urea groups is 1. The van der Waals surface area contributed by atoms with Crippen LogP contribution in [0.1, 0.15) is 32.6 Å². The molecule has 2 atom stereocenters. The summed E-state index contributed by atoms with van der Waals surface area (Å²) in [5.74, 6) is -0.639. The number of benzene rings is 1. The Morgan fingerprint density at radius 3 is 2.55 bits per heavy atom. The van der Waals surface area contributed by atoms with Crippen LogP contribution >= 0.6 is 11.6 Å². The van der Waals surface area contributed by atoms with Crippen LogP contribution in [0.2, 0.25) is 5.02 Å². The molecule has 1 aromatic carbocycles. The van der Waals surface area contributed by atoms with Gasteiger partial charge in [-0.2, -0.15) is 0 Å². The zero-order chi connectivity index (χ0) is 23.6. The molecule has 0 aromatic heterocycles. The number of rotatable bonds is 5. The lowest BCUT2D eigenvalue weighted by Gasteiger charge is -2.37. The molecular weight excluding hydrogens is 446 g/mol. The van der Waals surface area contributed by atoms with Crippen molar-refractivity contribution in [3.05, 3.63) is 29.3 Å². The fourth-order valence-corrected chi connectivity index (χ4v) is 5.17. The van der Waals surface area contributed by atoms with Gasteiger partial charge < -0.3 is 15.5 Å². The minimum atomic E-state index is -0.858. The van der Waals surface area contributed by atoms with Gasteiger partial charge in [-0.1, -0.05) is 43.5 Å². The molecule has 9 nitrogen and oxygen atoms in total. The lowest BCUT2D eigenvalue weighted by molar-refractivity contribution is -0.141. The molecule has 3 aliphatic rings. The lowest BCUT2D eigenvalue weighted by Crippen LogP contribution is -2.55. The van der Waals surface area contributed by atoms with Gasteiger partial charge in [0.25, 0.3) is 5.91 Å². The first kappa shape index (κ1) is 23.5. The molecule has 0 unspecified atom stereocenters. The second-order valence-electron chi connectivity index (χ2n) is 9.12. The molecule has 3 fully saturated rings. The summed E-state index contributed by atoms with van der Waals surface area (Å²) in [6.07, 6.45) is 3.45. The summed E-state index contributed by atoms with van der Waals surface area (Å²) < 4.78 is 0. The van der Waals surface area contributed by atoms with Crippen LogP contribution in [0.3, 0.4) is 0 Å². The smallest absolute Gasteiger partial charge is 0.325 e. The van der Waals surface area contributed by atoms with E-state index in [0.717, 1.165) is 24.2 Å². The van der Waals surface area contributed by atoms with E-state index in [1.807, 2.05) is 11.8 Å². The van der Waals surface area contributed by atoms with Gasteiger partial charge in [-0.3, -0.25) is 24.2 Å². The molecule has 5 amide bonds. The molecule has 0 bridgehead atoms. The maximum absolute atomic E-state index is 13.1. The number of anilines is 1. The van der Waals surface area contributed by atoms with E-state index in [0.29, 0.717) is 43.3 Å². The minimum absolute atomic E-state index is 0.0586.